The summed E-state index contributed by atoms with van der Waals surface area (Å²) in [4.78, 5) is 16.7. The predicted octanol–water partition coefficient (Wildman–Crippen LogP) is 3.16. The molecule has 0 aromatic carbocycles. The van der Waals surface area contributed by atoms with Gasteiger partial charge < -0.3 is 14.6 Å². The van der Waals surface area contributed by atoms with E-state index in [2.05, 4.69) is 15.4 Å². The molecule has 0 saturated carbocycles. The molecule has 3 heterocycles. The highest BCUT2D eigenvalue weighted by atomic mass is 16.5. The molecule has 0 aliphatic heterocycles. The number of pyridine rings is 1. The summed E-state index contributed by atoms with van der Waals surface area (Å²) in [6.45, 7) is 8.02. The molecule has 0 bridgehead atoms. The van der Waals surface area contributed by atoms with Gasteiger partial charge in [-0.05, 0) is 39.8 Å². The van der Waals surface area contributed by atoms with Crippen LogP contribution in [0.5, 0.6) is 5.88 Å². The van der Waals surface area contributed by atoms with Crippen molar-refractivity contribution >= 4 is 16.8 Å². The molecule has 1 amide bonds. The van der Waals surface area contributed by atoms with Gasteiger partial charge in [-0.15, -0.1) is 0 Å². The minimum absolute atomic E-state index is 0.00264. The fourth-order valence-electron chi connectivity index (χ4n) is 3.04. The zero-order chi connectivity index (χ0) is 19.0. The van der Waals surface area contributed by atoms with Crippen molar-refractivity contribution in [2.45, 2.75) is 39.8 Å². The molecule has 7 nitrogen and oxygen atoms in total. The van der Waals surface area contributed by atoms with E-state index in [4.69, 9.17) is 4.74 Å². The number of carbonyl (C=O) groups excluding carboxylic acids is 1. The van der Waals surface area contributed by atoms with Gasteiger partial charge in [0.1, 0.15) is 11.4 Å². The van der Waals surface area contributed by atoms with Crippen LogP contribution in [0.4, 0.5) is 0 Å². The van der Waals surface area contributed by atoms with Crippen LogP contribution in [0.25, 0.3) is 22.2 Å². The lowest BCUT2D eigenvalue weighted by Crippen LogP contribution is -2.22. The number of nitrogens with zero attached hydrogens (tertiary/aromatic N) is 4. The van der Waals surface area contributed by atoms with Crippen molar-refractivity contribution in [1.29, 1.82) is 0 Å². The first-order valence-corrected chi connectivity index (χ1v) is 8.76. The molecule has 0 aliphatic rings. The summed E-state index contributed by atoms with van der Waals surface area (Å²) in [5, 5.41) is 8.23. The van der Waals surface area contributed by atoms with Crippen LogP contribution in [0, 0.1) is 0 Å². The fourth-order valence-corrected chi connectivity index (χ4v) is 3.04. The molecular formula is C19H25N5O2. The average molecular weight is 355 g/mol. The Morgan fingerprint density at radius 3 is 2.62 bits per heavy atom. The number of fused-ring (bicyclic) bond motifs is 1. The third-order valence-corrected chi connectivity index (χ3v) is 4.22. The number of aryl methyl sites for hydroxylation is 1. The number of nitrogens with one attached hydrogen (secondary N) is 1. The number of rotatable bonds is 5. The molecule has 26 heavy (non-hydrogen) atoms. The SMILES string of the molecule is CNC(=O)c1cc(-c2nn(C)c3ccnc(OC(C)C)c23)cn1C(C)C. The van der Waals surface area contributed by atoms with Gasteiger partial charge in [-0.1, -0.05) is 0 Å². The fraction of sp³-hybridized carbons (Fsp3) is 0.421. The highest BCUT2D eigenvalue weighted by Crippen LogP contribution is 2.35. The van der Waals surface area contributed by atoms with Crippen LogP contribution in [0.1, 0.15) is 44.2 Å². The zero-order valence-corrected chi connectivity index (χ0v) is 16.1. The minimum atomic E-state index is -0.123. The summed E-state index contributed by atoms with van der Waals surface area (Å²) in [5.74, 6) is 0.432. The van der Waals surface area contributed by atoms with E-state index < -0.39 is 0 Å². The van der Waals surface area contributed by atoms with Crippen molar-refractivity contribution in [3.63, 3.8) is 0 Å². The van der Waals surface area contributed by atoms with Gasteiger partial charge >= 0.3 is 0 Å². The van der Waals surface area contributed by atoms with Crippen LogP contribution >= 0.6 is 0 Å². The first-order chi connectivity index (χ1) is 12.3. The molecule has 3 aromatic heterocycles. The van der Waals surface area contributed by atoms with E-state index in [1.807, 2.05) is 62.3 Å². The first-order valence-electron chi connectivity index (χ1n) is 8.76. The quantitative estimate of drug-likeness (QED) is 0.763. The third kappa shape index (κ3) is 3.05. The Morgan fingerprint density at radius 2 is 2.00 bits per heavy atom. The van der Waals surface area contributed by atoms with Crippen LogP contribution in [-0.4, -0.2) is 38.4 Å². The van der Waals surface area contributed by atoms with Crippen molar-refractivity contribution in [2.24, 2.45) is 7.05 Å². The Labute approximate surface area is 153 Å². The topological polar surface area (TPSA) is 74.0 Å². The predicted molar refractivity (Wildman–Crippen MR) is 101 cm³/mol. The Kier molecular flexibility index (Phi) is 4.71. The lowest BCUT2D eigenvalue weighted by atomic mass is 10.1. The largest absolute Gasteiger partial charge is 0.474 e. The van der Waals surface area contributed by atoms with Crippen molar-refractivity contribution < 1.29 is 9.53 Å². The summed E-state index contributed by atoms with van der Waals surface area (Å²) >= 11 is 0. The van der Waals surface area contributed by atoms with E-state index in [1.165, 1.54) is 0 Å². The Balaban J connectivity index is 2.24. The van der Waals surface area contributed by atoms with Gasteiger partial charge in [-0.2, -0.15) is 5.10 Å². The first kappa shape index (κ1) is 18.0. The van der Waals surface area contributed by atoms with Gasteiger partial charge in [0.05, 0.1) is 17.0 Å². The molecule has 0 atom stereocenters. The highest BCUT2D eigenvalue weighted by molar-refractivity contribution is 5.99. The van der Waals surface area contributed by atoms with Crippen molar-refractivity contribution in [1.82, 2.24) is 24.6 Å². The number of amides is 1. The molecule has 7 heteroatoms. The maximum atomic E-state index is 12.3. The minimum Gasteiger partial charge on any atom is -0.474 e. The van der Waals surface area contributed by atoms with Crippen LogP contribution in [0.2, 0.25) is 0 Å². The molecule has 138 valence electrons. The molecule has 0 spiro atoms. The zero-order valence-electron chi connectivity index (χ0n) is 16.1. The van der Waals surface area contributed by atoms with Gasteiger partial charge in [0.2, 0.25) is 5.88 Å². The van der Waals surface area contributed by atoms with E-state index in [0.29, 0.717) is 11.6 Å². The molecule has 0 radical (unpaired) electrons. The van der Waals surface area contributed by atoms with Gasteiger partial charge in [-0.25, -0.2) is 4.98 Å². The maximum absolute atomic E-state index is 12.3. The molecular weight excluding hydrogens is 330 g/mol. The van der Waals surface area contributed by atoms with Gasteiger partial charge in [-0.3, -0.25) is 9.48 Å². The van der Waals surface area contributed by atoms with Crippen molar-refractivity contribution in [3.05, 3.63) is 30.2 Å². The summed E-state index contributed by atoms with van der Waals surface area (Å²) in [6, 6.07) is 3.93. The van der Waals surface area contributed by atoms with Crippen molar-refractivity contribution in [2.75, 3.05) is 7.05 Å². The lowest BCUT2D eigenvalue weighted by Gasteiger charge is -2.11. The van der Waals surface area contributed by atoms with E-state index in [0.717, 1.165) is 22.2 Å². The second-order valence-electron chi connectivity index (χ2n) is 6.84. The highest BCUT2D eigenvalue weighted by Gasteiger charge is 2.21. The Morgan fingerprint density at radius 1 is 1.27 bits per heavy atom. The molecule has 0 fully saturated rings. The molecule has 0 aliphatic carbocycles. The molecule has 0 unspecified atom stereocenters. The molecule has 3 aromatic rings. The lowest BCUT2D eigenvalue weighted by molar-refractivity contribution is 0.0952. The summed E-state index contributed by atoms with van der Waals surface area (Å²) in [7, 11) is 3.53. The normalized spacial score (nSPS) is 11.5. The van der Waals surface area contributed by atoms with Gasteiger partial charge in [0, 0.05) is 38.1 Å². The average Bonchev–Trinajstić information content (AvgIpc) is 3.16. The number of aromatic nitrogens is 4. The van der Waals surface area contributed by atoms with E-state index in [-0.39, 0.29) is 18.1 Å². The molecule has 0 saturated heterocycles. The standard InChI is InChI=1S/C19H25N5O2/c1-11(2)24-10-13(9-15(24)18(25)20-5)17-16-14(23(6)22-17)7-8-21-19(16)26-12(3)4/h7-12H,1-6H3,(H,20,25). The number of ether oxygens (including phenoxy) is 1. The number of carbonyl (C=O) groups is 1. The smallest absolute Gasteiger partial charge is 0.267 e. The van der Waals surface area contributed by atoms with Crippen LogP contribution in [0.3, 0.4) is 0 Å². The molecule has 1 N–H and O–H groups in total. The number of hydrogen-bond donors (Lipinski definition) is 1. The molecule has 3 rings (SSSR count). The maximum Gasteiger partial charge on any atom is 0.267 e. The Hall–Kier alpha value is -2.83. The van der Waals surface area contributed by atoms with Gasteiger partial charge in [0.25, 0.3) is 5.91 Å². The van der Waals surface area contributed by atoms with Crippen molar-refractivity contribution in [3.8, 4) is 17.1 Å². The second-order valence-corrected chi connectivity index (χ2v) is 6.84. The van der Waals surface area contributed by atoms with E-state index >= 15 is 0 Å². The van der Waals surface area contributed by atoms with Gasteiger partial charge in [0.15, 0.2) is 0 Å². The monoisotopic (exact) mass is 355 g/mol. The summed E-state index contributed by atoms with van der Waals surface area (Å²) < 4.78 is 9.67. The van der Waals surface area contributed by atoms with E-state index in [1.54, 1.807) is 13.2 Å². The Bertz CT molecular complexity index is 952. The summed E-state index contributed by atoms with van der Waals surface area (Å²) in [5.41, 5.74) is 3.16. The van der Waals surface area contributed by atoms with Crippen LogP contribution < -0.4 is 10.1 Å². The van der Waals surface area contributed by atoms with Crippen LogP contribution in [-0.2, 0) is 7.05 Å². The van der Waals surface area contributed by atoms with Crippen LogP contribution in [0.15, 0.2) is 24.5 Å². The summed E-state index contributed by atoms with van der Waals surface area (Å²) in [6.07, 6.45) is 3.69. The number of hydrogen-bond acceptors (Lipinski definition) is 4. The van der Waals surface area contributed by atoms with E-state index in [9.17, 15) is 4.79 Å². The third-order valence-electron chi connectivity index (χ3n) is 4.22. The second kappa shape index (κ2) is 6.82.